The van der Waals surface area contributed by atoms with Crippen LogP contribution in [-0.4, -0.2) is 53.7 Å². The lowest BCUT2D eigenvalue weighted by Crippen LogP contribution is -2.48. The third kappa shape index (κ3) is 4.44. The van der Waals surface area contributed by atoms with Gasteiger partial charge in [-0.05, 0) is 57.0 Å². The van der Waals surface area contributed by atoms with E-state index in [9.17, 15) is 22.8 Å². The molecule has 6 nitrogen and oxygen atoms in total. The first-order valence-electron chi connectivity index (χ1n) is 9.61. The monoisotopic (exact) mass is 423 g/mol. The minimum Gasteiger partial charge on any atom is -0.497 e. The quantitative estimate of drug-likeness (QED) is 0.802. The van der Waals surface area contributed by atoms with Gasteiger partial charge in [0.25, 0.3) is 5.91 Å². The maximum absolute atomic E-state index is 13.2. The number of aromatic nitrogens is 1. The van der Waals surface area contributed by atoms with Crippen LogP contribution in [0.2, 0.25) is 0 Å². The zero-order chi connectivity index (χ0) is 22.1. The summed E-state index contributed by atoms with van der Waals surface area (Å²) in [6.07, 6.45) is -3.59. The number of hydrogen-bond donors (Lipinski definition) is 1. The smallest absolute Gasteiger partial charge is 0.405 e. The Bertz CT molecular complexity index is 935. The highest BCUT2D eigenvalue weighted by atomic mass is 19.4. The normalized spacial score (nSPS) is 16.6. The summed E-state index contributed by atoms with van der Waals surface area (Å²) < 4.78 is 44.4. The minimum atomic E-state index is -4.49. The molecule has 162 valence electrons. The Kier molecular flexibility index (Phi) is 6.09. The Labute approximate surface area is 172 Å². The Balaban J connectivity index is 1.83. The van der Waals surface area contributed by atoms with Gasteiger partial charge >= 0.3 is 6.18 Å². The lowest BCUT2D eigenvalue weighted by atomic mass is 10.1. The van der Waals surface area contributed by atoms with Crippen molar-refractivity contribution >= 4 is 11.8 Å². The van der Waals surface area contributed by atoms with Crippen molar-refractivity contribution in [1.29, 1.82) is 0 Å². The first kappa shape index (κ1) is 21.7. The second-order valence-corrected chi connectivity index (χ2v) is 7.31. The number of ether oxygens (including phenoxy) is 1. The molecular formula is C21H24F3N3O3. The number of rotatable bonds is 5. The van der Waals surface area contributed by atoms with Gasteiger partial charge in [0, 0.05) is 23.6 Å². The van der Waals surface area contributed by atoms with Gasteiger partial charge in [0.05, 0.1) is 12.7 Å². The summed E-state index contributed by atoms with van der Waals surface area (Å²) in [7, 11) is 1.58. The van der Waals surface area contributed by atoms with Crippen molar-refractivity contribution in [1.82, 2.24) is 14.8 Å². The molecule has 1 aromatic heterocycles. The lowest BCUT2D eigenvalue weighted by molar-refractivity contribution is -0.140. The molecule has 1 aromatic carbocycles. The van der Waals surface area contributed by atoms with E-state index in [2.05, 4.69) is 0 Å². The largest absolute Gasteiger partial charge is 0.497 e. The molecule has 1 aliphatic heterocycles. The maximum atomic E-state index is 13.2. The third-order valence-electron chi connectivity index (χ3n) is 5.27. The van der Waals surface area contributed by atoms with E-state index in [0.717, 1.165) is 11.4 Å². The number of methoxy groups -OCH3 is 1. The zero-order valence-electron chi connectivity index (χ0n) is 17.0. The minimum absolute atomic E-state index is 0.329. The molecule has 1 unspecified atom stereocenters. The number of likely N-dealkylation sites (tertiary alicyclic amines) is 1. The topological polar surface area (TPSA) is 63.6 Å². The third-order valence-corrected chi connectivity index (χ3v) is 5.27. The van der Waals surface area contributed by atoms with Gasteiger partial charge in [-0.2, -0.15) is 13.2 Å². The predicted molar refractivity (Wildman–Crippen MR) is 105 cm³/mol. The summed E-state index contributed by atoms with van der Waals surface area (Å²) in [4.78, 5) is 26.8. The van der Waals surface area contributed by atoms with E-state index >= 15 is 0 Å². The molecule has 3 rings (SSSR count). The highest BCUT2D eigenvalue weighted by Crippen LogP contribution is 2.27. The van der Waals surface area contributed by atoms with Crippen molar-refractivity contribution in [2.45, 2.75) is 38.9 Å². The number of benzene rings is 1. The van der Waals surface area contributed by atoms with Crippen LogP contribution < -0.4 is 10.1 Å². The van der Waals surface area contributed by atoms with E-state index < -0.39 is 24.7 Å². The molecule has 1 atom stereocenters. The van der Waals surface area contributed by atoms with Crippen molar-refractivity contribution in [3.05, 3.63) is 47.3 Å². The predicted octanol–water partition coefficient (Wildman–Crippen LogP) is 3.39. The summed E-state index contributed by atoms with van der Waals surface area (Å²) in [5.74, 6) is -0.419. The fourth-order valence-corrected chi connectivity index (χ4v) is 3.85. The van der Waals surface area contributed by atoms with E-state index in [1.807, 2.05) is 41.1 Å². The number of alkyl halides is 3. The van der Waals surface area contributed by atoms with Gasteiger partial charge in [0.1, 0.15) is 18.3 Å². The van der Waals surface area contributed by atoms with Crippen molar-refractivity contribution in [2.24, 2.45) is 0 Å². The number of halogens is 3. The molecule has 2 heterocycles. The van der Waals surface area contributed by atoms with Gasteiger partial charge in [-0.25, -0.2) is 0 Å². The SMILES string of the molecule is COc1ccc(-n2c(C)cc(C(=O)N3CCCC3C(=O)NCC(F)(F)F)c2C)cc1. The lowest BCUT2D eigenvalue weighted by Gasteiger charge is -2.24. The van der Waals surface area contributed by atoms with Crippen LogP contribution in [0.4, 0.5) is 13.2 Å². The van der Waals surface area contributed by atoms with Gasteiger partial charge in [-0.15, -0.1) is 0 Å². The molecule has 30 heavy (non-hydrogen) atoms. The van der Waals surface area contributed by atoms with E-state index in [1.54, 1.807) is 20.1 Å². The fraction of sp³-hybridized carbons (Fsp3) is 0.429. The van der Waals surface area contributed by atoms with Crippen LogP contribution in [0.5, 0.6) is 5.75 Å². The first-order chi connectivity index (χ1) is 14.1. The van der Waals surface area contributed by atoms with Crippen LogP contribution in [0.1, 0.15) is 34.6 Å². The first-order valence-corrected chi connectivity index (χ1v) is 9.61. The molecule has 1 fully saturated rings. The summed E-state index contributed by atoms with van der Waals surface area (Å²) in [5.41, 5.74) is 2.81. The molecule has 1 saturated heterocycles. The second-order valence-electron chi connectivity index (χ2n) is 7.31. The van der Waals surface area contributed by atoms with Crippen LogP contribution in [0, 0.1) is 13.8 Å². The highest BCUT2D eigenvalue weighted by Gasteiger charge is 2.37. The van der Waals surface area contributed by atoms with Crippen LogP contribution in [0.3, 0.4) is 0 Å². The summed E-state index contributed by atoms with van der Waals surface area (Å²) >= 11 is 0. The summed E-state index contributed by atoms with van der Waals surface area (Å²) in [6, 6.07) is 8.22. The van der Waals surface area contributed by atoms with Crippen LogP contribution in [0.25, 0.3) is 5.69 Å². The average molecular weight is 423 g/mol. The van der Waals surface area contributed by atoms with Gasteiger partial charge in [0.15, 0.2) is 0 Å². The van der Waals surface area contributed by atoms with Gasteiger partial charge in [-0.1, -0.05) is 0 Å². The summed E-state index contributed by atoms with van der Waals surface area (Å²) in [5, 5.41) is 1.89. The van der Waals surface area contributed by atoms with Crippen molar-refractivity contribution in [3.63, 3.8) is 0 Å². The van der Waals surface area contributed by atoms with Crippen LogP contribution in [-0.2, 0) is 4.79 Å². The number of amides is 2. The van der Waals surface area contributed by atoms with E-state index in [4.69, 9.17) is 4.74 Å². The van der Waals surface area contributed by atoms with E-state index in [-0.39, 0.29) is 5.91 Å². The molecule has 0 spiro atoms. The van der Waals surface area contributed by atoms with E-state index in [0.29, 0.717) is 36.4 Å². The Morgan fingerprint density at radius 3 is 2.47 bits per heavy atom. The Morgan fingerprint density at radius 1 is 1.20 bits per heavy atom. The number of carbonyl (C=O) groups is 2. The molecule has 2 amide bonds. The van der Waals surface area contributed by atoms with Gasteiger partial charge in [-0.3, -0.25) is 9.59 Å². The zero-order valence-corrected chi connectivity index (χ0v) is 17.0. The molecule has 0 bridgehead atoms. The number of aryl methyl sites for hydroxylation is 1. The molecule has 1 N–H and O–H groups in total. The molecule has 2 aromatic rings. The average Bonchev–Trinajstić information content (AvgIpc) is 3.30. The second kappa shape index (κ2) is 8.41. The molecule has 9 heteroatoms. The molecule has 0 radical (unpaired) electrons. The van der Waals surface area contributed by atoms with Crippen LogP contribution >= 0.6 is 0 Å². The highest BCUT2D eigenvalue weighted by molar-refractivity contribution is 5.99. The van der Waals surface area contributed by atoms with Crippen LogP contribution in [0.15, 0.2) is 30.3 Å². The summed E-state index contributed by atoms with van der Waals surface area (Å²) in [6.45, 7) is 2.59. The Hall–Kier alpha value is -2.97. The number of nitrogens with one attached hydrogen (secondary N) is 1. The molecular weight excluding hydrogens is 399 g/mol. The standard InChI is InChI=1S/C21H24F3N3O3/c1-13-11-17(14(2)27(13)15-6-8-16(30-3)9-7-15)20(29)26-10-4-5-18(26)19(28)25-12-21(22,23)24/h6-9,11,18H,4-5,10,12H2,1-3H3,(H,25,28). The Morgan fingerprint density at radius 2 is 1.87 bits per heavy atom. The van der Waals surface area contributed by atoms with Gasteiger partial charge in [0.2, 0.25) is 5.91 Å². The number of hydrogen-bond acceptors (Lipinski definition) is 3. The van der Waals surface area contributed by atoms with E-state index in [1.165, 1.54) is 4.90 Å². The van der Waals surface area contributed by atoms with Crippen molar-refractivity contribution < 1.29 is 27.5 Å². The number of nitrogens with zero attached hydrogens (tertiary/aromatic N) is 2. The number of carbonyl (C=O) groups excluding carboxylic acids is 2. The van der Waals surface area contributed by atoms with Crippen molar-refractivity contribution in [2.75, 3.05) is 20.2 Å². The maximum Gasteiger partial charge on any atom is 0.405 e. The van der Waals surface area contributed by atoms with Crippen molar-refractivity contribution in [3.8, 4) is 11.4 Å². The molecule has 1 aliphatic rings. The molecule has 0 aliphatic carbocycles. The molecule has 0 saturated carbocycles. The van der Waals surface area contributed by atoms with Gasteiger partial charge < -0.3 is 19.5 Å². The fourth-order valence-electron chi connectivity index (χ4n) is 3.85.